The number of anilines is 1. The van der Waals surface area contributed by atoms with Gasteiger partial charge >= 0.3 is 0 Å². The molecule has 2 aliphatic heterocycles. The second-order valence-corrected chi connectivity index (χ2v) is 9.12. The summed E-state index contributed by atoms with van der Waals surface area (Å²) in [4.78, 5) is 32.4. The topological polar surface area (TPSA) is 43.9 Å². The highest BCUT2D eigenvalue weighted by molar-refractivity contribution is 6.41. The number of hydrogen-bond donors (Lipinski definition) is 0. The molecule has 31 heavy (non-hydrogen) atoms. The first kappa shape index (κ1) is 21.7. The Morgan fingerprint density at radius 2 is 1.52 bits per heavy atom. The average molecular weight is 458 g/mol. The van der Waals surface area contributed by atoms with E-state index < -0.39 is 0 Å². The summed E-state index contributed by atoms with van der Waals surface area (Å²) < 4.78 is 0. The number of carbonyl (C=O) groups is 2. The lowest BCUT2D eigenvalue weighted by Crippen LogP contribution is -2.47. The van der Waals surface area contributed by atoms with Crippen molar-refractivity contribution in [2.45, 2.75) is 13.8 Å². The molecule has 2 aromatic carbocycles. The summed E-state index contributed by atoms with van der Waals surface area (Å²) >= 11 is 12.5. The average Bonchev–Trinajstić information content (AvgIpc) is 2.99. The van der Waals surface area contributed by atoms with Gasteiger partial charge in [0.1, 0.15) is 5.70 Å². The minimum atomic E-state index is -0.289. The quantitative estimate of drug-likeness (QED) is 0.617. The molecule has 0 radical (unpaired) electrons. The van der Waals surface area contributed by atoms with Crippen molar-refractivity contribution in [3.8, 4) is 0 Å². The van der Waals surface area contributed by atoms with E-state index in [1.165, 1.54) is 4.90 Å². The van der Waals surface area contributed by atoms with E-state index in [2.05, 4.69) is 17.0 Å². The summed E-state index contributed by atoms with van der Waals surface area (Å²) in [5.41, 5.74) is 2.53. The Hall–Kier alpha value is -2.50. The highest BCUT2D eigenvalue weighted by Gasteiger charge is 2.42. The van der Waals surface area contributed by atoms with Crippen molar-refractivity contribution in [1.29, 1.82) is 0 Å². The van der Waals surface area contributed by atoms with Crippen LogP contribution in [0.2, 0.25) is 10.0 Å². The Morgan fingerprint density at radius 3 is 2.13 bits per heavy atom. The van der Waals surface area contributed by atoms with E-state index in [0.29, 0.717) is 46.5 Å². The largest absolute Gasteiger partial charge is 0.368 e. The fourth-order valence-corrected chi connectivity index (χ4v) is 4.65. The van der Waals surface area contributed by atoms with E-state index in [1.54, 1.807) is 18.2 Å². The summed E-state index contributed by atoms with van der Waals surface area (Å²) in [5, 5.41) is 0.860. The lowest BCUT2D eigenvalue weighted by Gasteiger charge is -2.37. The highest BCUT2D eigenvalue weighted by atomic mass is 35.5. The van der Waals surface area contributed by atoms with E-state index in [-0.39, 0.29) is 17.7 Å². The molecule has 1 fully saturated rings. The minimum absolute atomic E-state index is 0.170. The van der Waals surface area contributed by atoms with Crippen LogP contribution in [0.15, 0.2) is 54.2 Å². The van der Waals surface area contributed by atoms with E-state index in [4.69, 9.17) is 23.2 Å². The molecule has 1 saturated heterocycles. The first-order valence-corrected chi connectivity index (χ1v) is 11.2. The second kappa shape index (κ2) is 8.93. The molecule has 2 amide bonds. The van der Waals surface area contributed by atoms with Gasteiger partial charge in [-0.25, -0.2) is 0 Å². The Labute approximate surface area is 192 Å². The number of hydrogen-bond acceptors (Lipinski definition) is 4. The monoisotopic (exact) mass is 457 g/mol. The molecule has 0 aliphatic carbocycles. The predicted octanol–water partition coefficient (Wildman–Crippen LogP) is 4.55. The number of nitrogens with zero attached hydrogens (tertiary/aromatic N) is 3. The number of para-hydroxylation sites is 1. The standard InChI is InChI=1S/C24H25Cl2N3O2/c1-16(2)15-29-23(30)21(19-9-8-17(25)14-20(19)26)22(24(29)31)28-12-10-27(11-13-28)18-6-4-3-5-7-18/h3-9,14,16H,10-13,15H2,1-2H3. The lowest BCUT2D eigenvalue weighted by atomic mass is 10.0. The second-order valence-electron chi connectivity index (χ2n) is 8.27. The van der Waals surface area contributed by atoms with E-state index in [9.17, 15) is 9.59 Å². The fourth-order valence-electron chi connectivity index (χ4n) is 4.15. The van der Waals surface area contributed by atoms with Crippen molar-refractivity contribution < 1.29 is 9.59 Å². The molecule has 2 heterocycles. The first-order valence-electron chi connectivity index (χ1n) is 10.5. The Morgan fingerprint density at radius 1 is 0.871 bits per heavy atom. The number of imide groups is 1. The van der Waals surface area contributed by atoms with Gasteiger partial charge in [0.05, 0.1) is 10.6 Å². The van der Waals surface area contributed by atoms with Crippen molar-refractivity contribution in [1.82, 2.24) is 9.80 Å². The molecule has 7 heteroatoms. The molecule has 0 N–H and O–H groups in total. The molecule has 4 rings (SSSR count). The maximum absolute atomic E-state index is 13.4. The Kier molecular flexibility index (Phi) is 6.26. The molecular formula is C24H25Cl2N3O2. The van der Waals surface area contributed by atoms with Gasteiger partial charge in [0.2, 0.25) is 0 Å². The smallest absolute Gasteiger partial charge is 0.277 e. The summed E-state index contributed by atoms with van der Waals surface area (Å²) in [7, 11) is 0. The summed E-state index contributed by atoms with van der Waals surface area (Å²) in [6, 6.07) is 15.2. The number of piperazine rings is 1. The summed E-state index contributed by atoms with van der Waals surface area (Å²) in [6.07, 6.45) is 0. The predicted molar refractivity (Wildman–Crippen MR) is 125 cm³/mol. The molecule has 2 aromatic rings. The zero-order valence-corrected chi connectivity index (χ0v) is 19.2. The maximum Gasteiger partial charge on any atom is 0.277 e. The maximum atomic E-state index is 13.4. The molecule has 5 nitrogen and oxygen atoms in total. The number of amides is 2. The first-order chi connectivity index (χ1) is 14.9. The highest BCUT2D eigenvalue weighted by Crippen LogP contribution is 2.37. The lowest BCUT2D eigenvalue weighted by molar-refractivity contribution is -0.138. The van der Waals surface area contributed by atoms with Gasteiger partial charge in [-0.05, 0) is 30.2 Å². The SMILES string of the molecule is CC(C)CN1C(=O)C(c2ccc(Cl)cc2Cl)=C(N2CCN(c3ccccc3)CC2)C1=O. The third kappa shape index (κ3) is 4.30. The van der Waals surface area contributed by atoms with Crippen molar-refractivity contribution >= 4 is 46.3 Å². The Bertz CT molecular complexity index is 1030. The molecule has 0 atom stereocenters. The van der Waals surface area contributed by atoms with Crippen LogP contribution >= 0.6 is 23.2 Å². The fraction of sp³-hybridized carbons (Fsp3) is 0.333. The normalized spacial score (nSPS) is 17.4. The summed E-state index contributed by atoms with van der Waals surface area (Å²) in [5.74, 6) is -0.361. The van der Waals surface area contributed by atoms with Crippen LogP contribution in [0.5, 0.6) is 0 Å². The van der Waals surface area contributed by atoms with Gasteiger partial charge in [0.15, 0.2) is 0 Å². The summed E-state index contributed by atoms with van der Waals surface area (Å²) in [6.45, 7) is 7.18. The van der Waals surface area contributed by atoms with Gasteiger partial charge in [0.25, 0.3) is 11.8 Å². The van der Waals surface area contributed by atoms with Gasteiger partial charge in [-0.15, -0.1) is 0 Å². The van der Waals surface area contributed by atoms with Gasteiger partial charge in [-0.2, -0.15) is 0 Å². The van der Waals surface area contributed by atoms with E-state index >= 15 is 0 Å². The molecular weight excluding hydrogens is 433 g/mol. The molecule has 0 bridgehead atoms. The van der Waals surface area contributed by atoms with E-state index in [1.807, 2.05) is 36.9 Å². The third-order valence-electron chi connectivity index (χ3n) is 5.61. The number of carbonyl (C=O) groups excluding carboxylic acids is 2. The molecule has 0 saturated carbocycles. The minimum Gasteiger partial charge on any atom is -0.368 e. The van der Waals surface area contributed by atoms with Crippen molar-refractivity contribution in [2.24, 2.45) is 5.92 Å². The number of benzene rings is 2. The zero-order valence-electron chi connectivity index (χ0n) is 17.6. The molecule has 0 aromatic heterocycles. The van der Waals surface area contributed by atoms with Crippen LogP contribution in [0.1, 0.15) is 19.4 Å². The van der Waals surface area contributed by atoms with Crippen LogP contribution in [0.4, 0.5) is 5.69 Å². The van der Waals surface area contributed by atoms with Crippen LogP contribution < -0.4 is 4.90 Å². The van der Waals surface area contributed by atoms with Gasteiger partial charge in [0, 0.05) is 49.0 Å². The van der Waals surface area contributed by atoms with Crippen molar-refractivity contribution in [3.63, 3.8) is 0 Å². The van der Waals surface area contributed by atoms with Crippen molar-refractivity contribution in [2.75, 3.05) is 37.6 Å². The van der Waals surface area contributed by atoms with Crippen molar-refractivity contribution in [3.05, 3.63) is 69.8 Å². The van der Waals surface area contributed by atoms with E-state index in [0.717, 1.165) is 18.8 Å². The van der Waals surface area contributed by atoms with Crippen LogP contribution in [0.3, 0.4) is 0 Å². The Balaban J connectivity index is 1.68. The zero-order chi connectivity index (χ0) is 22.1. The number of rotatable bonds is 5. The molecule has 2 aliphatic rings. The van der Waals surface area contributed by atoms with Crippen LogP contribution in [-0.4, -0.2) is 54.3 Å². The van der Waals surface area contributed by atoms with Gasteiger partial charge in [-0.1, -0.05) is 61.3 Å². The van der Waals surface area contributed by atoms with Crippen LogP contribution in [0.25, 0.3) is 5.57 Å². The molecule has 0 unspecified atom stereocenters. The number of halogens is 2. The van der Waals surface area contributed by atoms with Gasteiger partial charge < -0.3 is 9.80 Å². The molecule has 162 valence electrons. The van der Waals surface area contributed by atoms with Crippen LogP contribution in [-0.2, 0) is 9.59 Å². The van der Waals surface area contributed by atoms with Gasteiger partial charge in [-0.3, -0.25) is 14.5 Å². The third-order valence-corrected chi connectivity index (χ3v) is 6.16. The molecule has 0 spiro atoms. The van der Waals surface area contributed by atoms with Crippen LogP contribution in [0, 0.1) is 5.92 Å².